The predicted molar refractivity (Wildman–Crippen MR) is 124 cm³/mol. The zero-order valence-corrected chi connectivity index (χ0v) is 19.4. The number of carboxylic acid groups (broad SMARTS) is 1. The first-order valence-corrected chi connectivity index (χ1v) is 12.5. The number of fused-ring (bicyclic) bond motifs is 1. The molecular weight excluding hydrogens is 418 g/mol. The minimum atomic E-state index is -3.73. The fraction of sp³-hybridized carbons (Fsp3) is 0.565. The summed E-state index contributed by atoms with van der Waals surface area (Å²) in [5.74, 6) is -0.419. The first kappa shape index (κ1) is 26.8. The van der Waals surface area contributed by atoms with Crippen molar-refractivity contribution in [2.45, 2.75) is 71.1 Å². The van der Waals surface area contributed by atoms with Crippen LogP contribution in [0, 0.1) is 0 Å². The van der Waals surface area contributed by atoms with Crippen LogP contribution in [0.3, 0.4) is 0 Å². The molecule has 0 radical (unpaired) electrons. The van der Waals surface area contributed by atoms with Crippen LogP contribution in [0.1, 0.15) is 81.5 Å². The van der Waals surface area contributed by atoms with Gasteiger partial charge >= 0.3 is 5.97 Å². The Balaban J connectivity index is 0.000000310. The quantitative estimate of drug-likeness (QED) is 0.294. The molecule has 0 aliphatic rings. The lowest BCUT2D eigenvalue weighted by atomic mass is 10.1. The third-order valence-corrected chi connectivity index (χ3v) is 5.74. The molecule has 0 aliphatic heterocycles. The summed E-state index contributed by atoms with van der Waals surface area (Å²) in [5, 5.41) is 9.57. The van der Waals surface area contributed by atoms with Crippen LogP contribution >= 0.6 is 0 Å². The second-order valence-electron chi connectivity index (χ2n) is 7.51. The molecule has 0 atom stereocenters. The standard InChI is InChI=1S/C12H26O3S.C11H9NO3/c1-2-3-4-5-6-7-8-9-10-11-12-16(13,14)15;1-15-7-2-3-10-9(6-7)8(11(13)14)4-5-12-10/h2-12H2,1H3,(H,13,14,15);2-6H,1H3,(H,13,14). The molecule has 0 amide bonds. The Morgan fingerprint density at radius 1 is 0.968 bits per heavy atom. The topological polar surface area (TPSA) is 114 Å². The van der Waals surface area contributed by atoms with E-state index in [1.54, 1.807) is 18.2 Å². The molecule has 1 heterocycles. The van der Waals surface area contributed by atoms with Crippen molar-refractivity contribution in [1.82, 2.24) is 4.98 Å². The van der Waals surface area contributed by atoms with E-state index in [1.807, 2.05) is 0 Å². The van der Waals surface area contributed by atoms with Gasteiger partial charge in [0.2, 0.25) is 0 Å². The Morgan fingerprint density at radius 3 is 2.06 bits per heavy atom. The van der Waals surface area contributed by atoms with E-state index >= 15 is 0 Å². The van der Waals surface area contributed by atoms with Crippen molar-refractivity contribution in [3.8, 4) is 5.75 Å². The number of unbranched alkanes of at least 4 members (excludes halogenated alkanes) is 9. The maximum absolute atomic E-state index is 10.9. The van der Waals surface area contributed by atoms with Gasteiger partial charge in [0, 0.05) is 11.6 Å². The average molecular weight is 454 g/mol. The van der Waals surface area contributed by atoms with Crippen molar-refractivity contribution in [3.63, 3.8) is 0 Å². The molecule has 31 heavy (non-hydrogen) atoms. The van der Waals surface area contributed by atoms with E-state index in [0.717, 1.165) is 12.8 Å². The Labute approximate surface area is 185 Å². The first-order chi connectivity index (χ1) is 14.8. The second kappa shape index (κ2) is 14.8. The Bertz CT molecular complexity index is 898. The molecule has 0 saturated carbocycles. The molecule has 7 nitrogen and oxygen atoms in total. The second-order valence-corrected chi connectivity index (χ2v) is 9.09. The maximum Gasteiger partial charge on any atom is 0.336 e. The van der Waals surface area contributed by atoms with Crippen molar-refractivity contribution >= 4 is 27.0 Å². The van der Waals surface area contributed by atoms with Gasteiger partial charge in [0.25, 0.3) is 10.1 Å². The largest absolute Gasteiger partial charge is 0.497 e. The minimum absolute atomic E-state index is 0.0799. The number of methoxy groups -OCH3 is 1. The number of carbonyl (C=O) groups is 1. The van der Waals surface area contributed by atoms with E-state index in [9.17, 15) is 13.2 Å². The highest BCUT2D eigenvalue weighted by molar-refractivity contribution is 7.85. The molecule has 0 saturated heterocycles. The van der Waals surface area contributed by atoms with Crippen molar-refractivity contribution in [2.24, 2.45) is 0 Å². The Hall–Kier alpha value is -2.19. The van der Waals surface area contributed by atoms with E-state index in [2.05, 4.69) is 11.9 Å². The van der Waals surface area contributed by atoms with E-state index in [1.165, 1.54) is 64.3 Å². The Kier molecular flexibility index (Phi) is 12.8. The first-order valence-electron chi connectivity index (χ1n) is 10.9. The van der Waals surface area contributed by atoms with E-state index < -0.39 is 16.1 Å². The van der Waals surface area contributed by atoms with Gasteiger partial charge < -0.3 is 9.84 Å². The zero-order chi connectivity index (χ0) is 23.1. The highest BCUT2D eigenvalue weighted by Gasteiger charge is 2.09. The Morgan fingerprint density at radius 2 is 1.55 bits per heavy atom. The number of nitrogens with zero attached hydrogens (tertiary/aromatic N) is 1. The molecule has 0 aliphatic carbocycles. The van der Waals surface area contributed by atoms with Gasteiger partial charge in [-0.05, 0) is 30.7 Å². The van der Waals surface area contributed by atoms with Crippen LogP contribution in [-0.4, -0.2) is 41.9 Å². The fourth-order valence-corrected chi connectivity index (χ4v) is 3.78. The van der Waals surface area contributed by atoms with Crippen LogP contribution in [0.4, 0.5) is 0 Å². The monoisotopic (exact) mass is 453 g/mol. The number of ether oxygens (including phenoxy) is 1. The normalized spacial score (nSPS) is 11.1. The van der Waals surface area contributed by atoms with Gasteiger partial charge in [-0.2, -0.15) is 8.42 Å². The lowest BCUT2D eigenvalue weighted by molar-refractivity contribution is 0.0699. The van der Waals surface area contributed by atoms with E-state index in [0.29, 0.717) is 23.1 Å². The van der Waals surface area contributed by atoms with Crippen LogP contribution < -0.4 is 4.74 Å². The highest BCUT2D eigenvalue weighted by Crippen LogP contribution is 2.22. The molecule has 2 aromatic rings. The highest BCUT2D eigenvalue weighted by atomic mass is 32.2. The minimum Gasteiger partial charge on any atom is -0.497 e. The van der Waals surface area contributed by atoms with Gasteiger partial charge in [-0.15, -0.1) is 0 Å². The maximum atomic E-state index is 10.9. The van der Waals surface area contributed by atoms with Gasteiger partial charge in [-0.3, -0.25) is 9.54 Å². The SMILES string of the molecule is CCCCCCCCCCCCS(=O)(=O)O.COc1ccc2nccc(C(=O)O)c2c1. The number of aromatic carboxylic acids is 1. The van der Waals surface area contributed by atoms with Gasteiger partial charge in [-0.25, -0.2) is 4.79 Å². The summed E-state index contributed by atoms with van der Waals surface area (Å²) in [6.07, 6.45) is 13.1. The third kappa shape index (κ3) is 11.7. The summed E-state index contributed by atoms with van der Waals surface area (Å²) in [7, 11) is -2.19. The summed E-state index contributed by atoms with van der Waals surface area (Å²) in [6, 6.07) is 6.64. The van der Waals surface area contributed by atoms with Crippen LogP contribution in [0.5, 0.6) is 5.75 Å². The molecule has 2 rings (SSSR count). The molecule has 0 spiro atoms. The summed E-state index contributed by atoms with van der Waals surface area (Å²) in [4.78, 5) is 15.0. The fourth-order valence-electron chi connectivity index (χ4n) is 3.21. The van der Waals surface area contributed by atoms with Crippen molar-refractivity contribution in [1.29, 1.82) is 0 Å². The molecule has 8 heteroatoms. The van der Waals surface area contributed by atoms with E-state index in [-0.39, 0.29) is 11.3 Å². The summed E-state index contributed by atoms with van der Waals surface area (Å²) in [5.41, 5.74) is 0.884. The number of carboxylic acids is 1. The molecule has 174 valence electrons. The van der Waals surface area contributed by atoms with Gasteiger partial charge in [0.1, 0.15) is 5.75 Å². The molecule has 0 fully saturated rings. The van der Waals surface area contributed by atoms with Crippen molar-refractivity contribution < 1.29 is 27.6 Å². The molecule has 1 aromatic carbocycles. The van der Waals surface area contributed by atoms with Crippen LogP contribution in [0.15, 0.2) is 30.5 Å². The average Bonchev–Trinajstić information content (AvgIpc) is 2.73. The third-order valence-electron chi connectivity index (χ3n) is 4.93. The smallest absolute Gasteiger partial charge is 0.336 e. The molecule has 0 bridgehead atoms. The number of pyridine rings is 1. The molecule has 2 N–H and O–H groups in total. The molecule has 1 aromatic heterocycles. The summed E-state index contributed by atoms with van der Waals surface area (Å²) >= 11 is 0. The van der Waals surface area contributed by atoms with Crippen molar-refractivity contribution in [2.75, 3.05) is 12.9 Å². The zero-order valence-electron chi connectivity index (χ0n) is 18.5. The molecule has 0 unspecified atom stereocenters. The number of hydrogen-bond donors (Lipinski definition) is 2. The van der Waals surface area contributed by atoms with Crippen LogP contribution in [0.25, 0.3) is 10.9 Å². The van der Waals surface area contributed by atoms with Gasteiger partial charge in [0.05, 0.1) is 23.9 Å². The number of hydrogen-bond acceptors (Lipinski definition) is 5. The predicted octanol–water partition coefficient (Wildman–Crippen LogP) is 5.74. The lowest BCUT2D eigenvalue weighted by Crippen LogP contribution is -2.03. The summed E-state index contributed by atoms with van der Waals surface area (Å²) < 4.78 is 34.4. The summed E-state index contributed by atoms with van der Waals surface area (Å²) in [6.45, 7) is 2.22. The van der Waals surface area contributed by atoms with Gasteiger partial charge in [0.15, 0.2) is 0 Å². The number of benzene rings is 1. The van der Waals surface area contributed by atoms with Crippen LogP contribution in [-0.2, 0) is 10.1 Å². The number of aromatic nitrogens is 1. The lowest BCUT2D eigenvalue weighted by Gasteiger charge is -2.04. The van der Waals surface area contributed by atoms with E-state index in [4.69, 9.17) is 14.4 Å². The van der Waals surface area contributed by atoms with Crippen LogP contribution in [0.2, 0.25) is 0 Å². The number of rotatable bonds is 13. The molecular formula is C23H35NO6S. The van der Waals surface area contributed by atoms with Crippen molar-refractivity contribution in [3.05, 3.63) is 36.0 Å². The van der Waals surface area contributed by atoms with Gasteiger partial charge in [-0.1, -0.05) is 64.7 Å².